The van der Waals surface area contributed by atoms with Gasteiger partial charge in [-0.15, -0.1) is 0 Å². The van der Waals surface area contributed by atoms with Crippen molar-refractivity contribution >= 4 is 11.9 Å². The van der Waals surface area contributed by atoms with Crippen molar-refractivity contribution in [1.82, 2.24) is 14.9 Å². The van der Waals surface area contributed by atoms with Gasteiger partial charge in [0, 0.05) is 50.1 Å². The van der Waals surface area contributed by atoms with Crippen LogP contribution in [0.2, 0.25) is 0 Å². The van der Waals surface area contributed by atoms with Crippen molar-refractivity contribution in [2.24, 2.45) is 10.7 Å². The van der Waals surface area contributed by atoms with Crippen LogP contribution in [0.15, 0.2) is 41.7 Å². The molecule has 1 aliphatic carbocycles. The number of nitrogens with zero attached hydrogens (tertiary/aromatic N) is 5. The van der Waals surface area contributed by atoms with Crippen LogP contribution in [0.3, 0.4) is 0 Å². The summed E-state index contributed by atoms with van der Waals surface area (Å²) in [5.41, 5.74) is 6.25. The molecule has 1 aromatic heterocycles. The molecule has 26 heavy (non-hydrogen) atoms. The van der Waals surface area contributed by atoms with Crippen LogP contribution in [0.1, 0.15) is 17.9 Å². The fourth-order valence-electron chi connectivity index (χ4n) is 3.34. The fraction of sp³-hybridized carbons (Fsp3) is 0.389. The van der Waals surface area contributed by atoms with Gasteiger partial charge < -0.3 is 15.5 Å². The second-order valence-corrected chi connectivity index (χ2v) is 6.56. The van der Waals surface area contributed by atoms with Crippen molar-refractivity contribution in [3.8, 4) is 0 Å². The van der Waals surface area contributed by atoms with Gasteiger partial charge in [0.15, 0.2) is 5.96 Å². The topological polar surface area (TPSA) is 70.6 Å². The van der Waals surface area contributed by atoms with E-state index in [2.05, 4.69) is 19.9 Å². The number of aromatic nitrogens is 2. The zero-order valence-corrected chi connectivity index (χ0v) is 14.2. The van der Waals surface area contributed by atoms with E-state index in [0.29, 0.717) is 31.4 Å². The lowest BCUT2D eigenvalue weighted by molar-refractivity contribution is 0.378. The lowest BCUT2D eigenvalue weighted by Crippen LogP contribution is -2.51. The molecule has 1 aromatic carbocycles. The van der Waals surface area contributed by atoms with Gasteiger partial charge in [0.2, 0.25) is 5.95 Å². The van der Waals surface area contributed by atoms with Crippen molar-refractivity contribution in [2.45, 2.75) is 18.4 Å². The molecule has 0 radical (unpaired) electrons. The monoisotopic (exact) mass is 358 g/mol. The van der Waals surface area contributed by atoms with Crippen LogP contribution in [0.4, 0.5) is 14.7 Å². The van der Waals surface area contributed by atoms with Crippen molar-refractivity contribution in [3.05, 3.63) is 53.9 Å². The maximum Gasteiger partial charge on any atom is 0.225 e. The van der Waals surface area contributed by atoms with Crippen LogP contribution in [0, 0.1) is 11.6 Å². The number of nitrogens with two attached hydrogens (primary N) is 1. The quantitative estimate of drug-likeness (QED) is 0.669. The zero-order valence-electron chi connectivity index (χ0n) is 14.2. The van der Waals surface area contributed by atoms with Crippen LogP contribution in [-0.4, -0.2) is 53.0 Å². The number of guanidine groups is 1. The molecule has 0 spiro atoms. The molecule has 2 aromatic rings. The molecule has 2 N–H and O–H groups in total. The predicted molar refractivity (Wildman–Crippen MR) is 94.9 cm³/mol. The summed E-state index contributed by atoms with van der Waals surface area (Å²) in [6.45, 7) is 2.91. The van der Waals surface area contributed by atoms with Gasteiger partial charge in [0.1, 0.15) is 11.6 Å². The SMILES string of the molecule is NC(=N[C@@H]1C[C@H]1c1c(F)cccc1F)N1CCN(c2ncccn2)CC1. The first-order valence-electron chi connectivity index (χ1n) is 8.67. The Balaban J connectivity index is 1.37. The summed E-state index contributed by atoms with van der Waals surface area (Å²) >= 11 is 0. The molecule has 2 aliphatic rings. The fourth-order valence-corrected chi connectivity index (χ4v) is 3.34. The van der Waals surface area contributed by atoms with Crippen LogP contribution in [0.25, 0.3) is 0 Å². The third-order valence-corrected chi connectivity index (χ3v) is 4.86. The lowest BCUT2D eigenvalue weighted by atomic mass is 10.1. The predicted octanol–water partition coefficient (Wildman–Crippen LogP) is 1.75. The minimum atomic E-state index is -0.511. The third-order valence-electron chi connectivity index (χ3n) is 4.86. The molecular weight excluding hydrogens is 338 g/mol. The number of halogens is 2. The summed E-state index contributed by atoms with van der Waals surface area (Å²) in [6.07, 6.45) is 4.07. The minimum absolute atomic E-state index is 0.125. The molecule has 1 saturated heterocycles. The van der Waals surface area contributed by atoms with E-state index >= 15 is 0 Å². The third kappa shape index (κ3) is 3.31. The van der Waals surface area contributed by atoms with Gasteiger partial charge in [-0.1, -0.05) is 6.07 Å². The van der Waals surface area contributed by atoms with Gasteiger partial charge in [0.05, 0.1) is 6.04 Å². The molecule has 2 atom stereocenters. The van der Waals surface area contributed by atoms with E-state index in [1.165, 1.54) is 18.2 Å². The molecule has 1 aliphatic heterocycles. The maximum absolute atomic E-state index is 13.9. The second-order valence-electron chi connectivity index (χ2n) is 6.56. The number of piperazine rings is 1. The molecule has 1 saturated carbocycles. The highest BCUT2D eigenvalue weighted by atomic mass is 19.1. The van der Waals surface area contributed by atoms with Crippen molar-refractivity contribution in [3.63, 3.8) is 0 Å². The normalized spacial score (nSPS) is 23.2. The first-order valence-corrected chi connectivity index (χ1v) is 8.67. The Bertz CT molecular complexity index is 784. The summed E-state index contributed by atoms with van der Waals surface area (Å²) in [7, 11) is 0. The Labute approximate surface area is 150 Å². The molecule has 6 nitrogen and oxygen atoms in total. The van der Waals surface area contributed by atoms with Gasteiger partial charge in [-0.3, -0.25) is 0 Å². The van der Waals surface area contributed by atoms with E-state index < -0.39 is 11.6 Å². The average molecular weight is 358 g/mol. The van der Waals surface area contributed by atoms with E-state index in [1.807, 2.05) is 4.90 Å². The van der Waals surface area contributed by atoms with Crippen LogP contribution >= 0.6 is 0 Å². The van der Waals surface area contributed by atoms with E-state index in [4.69, 9.17) is 5.73 Å². The van der Waals surface area contributed by atoms with Gasteiger partial charge >= 0.3 is 0 Å². The highest BCUT2D eigenvalue weighted by Gasteiger charge is 2.42. The maximum atomic E-state index is 13.9. The number of aliphatic imine (C=N–C) groups is 1. The standard InChI is InChI=1S/C18H20F2N6/c19-13-3-1-4-14(20)16(13)12-11-15(12)24-17(21)25-7-9-26(10-8-25)18-22-5-2-6-23-18/h1-6,12,15H,7-11H2,(H2,21,24)/t12-,15-/m1/s1. The van der Waals surface area contributed by atoms with Crippen LogP contribution in [-0.2, 0) is 0 Å². The molecule has 8 heteroatoms. The Morgan fingerprint density at radius 2 is 1.69 bits per heavy atom. The Hall–Kier alpha value is -2.77. The zero-order chi connectivity index (χ0) is 18.1. The highest BCUT2D eigenvalue weighted by Crippen LogP contribution is 2.45. The Kier molecular flexibility index (Phi) is 4.40. The molecule has 2 fully saturated rings. The Morgan fingerprint density at radius 3 is 2.35 bits per heavy atom. The second kappa shape index (κ2) is 6.86. The molecule has 2 heterocycles. The first kappa shape index (κ1) is 16.7. The van der Waals surface area contributed by atoms with Gasteiger partial charge in [-0.2, -0.15) is 0 Å². The minimum Gasteiger partial charge on any atom is -0.370 e. The number of benzene rings is 1. The molecule has 136 valence electrons. The number of anilines is 1. The summed E-state index contributed by atoms with van der Waals surface area (Å²) in [4.78, 5) is 17.1. The van der Waals surface area contributed by atoms with Crippen LogP contribution < -0.4 is 10.6 Å². The smallest absolute Gasteiger partial charge is 0.225 e. The summed E-state index contributed by atoms with van der Waals surface area (Å²) < 4.78 is 27.7. The lowest BCUT2D eigenvalue weighted by Gasteiger charge is -2.35. The number of hydrogen-bond acceptors (Lipinski definition) is 4. The van der Waals surface area contributed by atoms with Gasteiger partial charge in [-0.25, -0.2) is 23.7 Å². The molecular formula is C18H20F2N6. The summed E-state index contributed by atoms with van der Waals surface area (Å²) in [6, 6.07) is 5.57. The molecule has 0 amide bonds. The van der Waals surface area contributed by atoms with Crippen molar-refractivity contribution in [2.75, 3.05) is 31.1 Å². The van der Waals surface area contributed by atoms with E-state index in [-0.39, 0.29) is 17.5 Å². The Morgan fingerprint density at radius 1 is 1.04 bits per heavy atom. The van der Waals surface area contributed by atoms with Gasteiger partial charge in [0.25, 0.3) is 0 Å². The average Bonchev–Trinajstić information content (AvgIpc) is 3.41. The van der Waals surface area contributed by atoms with E-state index in [1.54, 1.807) is 18.5 Å². The molecule has 0 bridgehead atoms. The number of rotatable bonds is 3. The van der Waals surface area contributed by atoms with Crippen LogP contribution in [0.5, 0.6) is 0 Å². The first-order chi connectivity index (χ1) is 12.6. The largest absolute Gasteiger partial charge is 0.370 e. The summed E-state index contributed by atoms with van der Waals surface area (Å²) in [5, 5.41) is 0. The van der Waals surface area contributed by atoms with E-state index in [9.17, 15) is 8.78 Å². The van der Waals surface area contributed by atoms with Gasteiger partial charge in [-0.05, 0) is 24.6 Å². The highest BCUT2D eigenvalue weighted by molar-refractivity contribution is 5.79. The summed E-state index contributed by atoms with van der Waals surface area (Å²) in [5.74, 6) is -0.109. The molecule has 4 rings (SSSR count). The van der Waals surface area contributed by atoms with Crippen molar-refractivity contribution in [1.29, 1.82) is 0 Å². The van der Waals surface area contributed by atoms with Crippen molar-refractivity contribution < 1.29 is 8.78 Å². The number of hydrogen-bond donors (Lipinski definition) is 1. The molecule has 0 unspecified atom stereocenters. The van der Waals surface area contributed by atoms with E-state index in [0.717, 1.165) is 13.1 Å².